The molecule has 2 amide bonds. The normalized spacial score (nSPS) is 11.9. The highest BCUT2D eigenvalue weighted by atomic mass is 32.2. The van der Waals surface area contributed by atoms with E-state index in [1.165, 1.54) is 44.2 Å². The van der Waals surface area contributed by atoms with Gasteiger partial charge in [0.15, 0.2) is 5.78 Å². The minimum atomic E-state index is -3.98. The molecule has 170 valence electrons. The Morgan fingerprint density at radius 3 is 2.03 bits per heavy atom. The zero-order valence-corrected chi connectivity index (χ0v) is 18.8. The van der Waals surface area contributed by atoms with Gasteiger partial charge in [-0.15, -0.1) is 0 Å². The lowest BCUT2D eigenvalue weighted by Crippen LogP contribution is -2.41. The maximum Gasteiger partial charge on any atom is 0.242 e. The van der Waals surface area contributed by atoms with Gasteiger partial charge >= 0.3 is 0 Å². The van der Waals surface area contributed by atoms with E-state index in [0.717, 1.165) is 0 Å². The molecule has 8 nitrogen and oxygen atoms in total. The van der Waals surface area contributed by atoms with Gasteiger partial charge in [0.25, 0.3) is 0 Å². The van der Waals surface area contributed by atoms with Gasteiger partial charge in [-0.3, -0.25) is 14.4 Å². The number of hydrogen-bond donors (Lipinski definition) is 3. The Hall–Kier alpha value is -3.82. The second kappa shape index (κ2) is 10.2. The summed E-state index contributed by atoms with van der Waals surface area (Å²) in [5.41, 5.74) is 1.74. The molecule has 0 radical (unpaired) electrons. The minimum Gasteiger partial charge on any atom is -0.326 e. The van der Waals surface area contributed by atoms with Gasteiger partial charge in [0, 0.05) is 29.4 Å². The first kappa shape index (κ1) is 23.8. The number of anilines is 2. The first-order chi connectivity index (χ1) is 15.7. The second-order valence-corrected chi connectivity index (χ2v) is 9.03. The largest absolute Gasteiger partial charge is 0.326 e. The van der Waals surface area contributed by atoms with Crippen LogP contribution in [0.3, 0.4) is 0 Å². The van der Waals surface area contributed by atoms with Gasteiger partial charge in [-0.05, 0) is 43.3 Å². The number of amides is 2. The predicted molar refractivity (Wildman–Crippen MR) is 125 cm³/mol. The third kappa shape index (κ3) is 6.34. The van der Waals surface area contributed by atoms with Crippen LogP contribution in [0.1, 0.15) is 29.8 Å². The second-order valence-electron chi connectivity index (χ2n) is 7.31. The van der Waals surface area contributed by atoms with Gasteiger partial charge in [-0.1, -0.05) is 42.5 Å². The Morgan fingerprint density at radius 1 is 0.758 bits per heavy atom. The zero-order chi connectivity index (χ0) is 24.0. The van der Waals surface area contributed by atoms with Crippen LogP contribution in [0.5, 0.6) is 0 Å². The van der Waals surface area contributed by atoms with Gasteiger partial charge in [0.1, 0.15) is 0 Å². The Morgan fingerprint density at radius 2 is 1.39 bits per heavy atom. The third-order valence-corrected chi connectivity index (χ3v) is 6.20. The van der Waals surface area contributed by atoms with E-state index in [9.17, 15) is 22.8 Å². The van der Waals surface area contributed by atoms with Gasteiger partial charge in [-0.2, -0.15) is 4.72 Å². The minimum absolute atomic E-state index is 0.0493. The molecule has 3 rings (SSSR count). The van der Waals surface area contributed by atoms with E-state index in [4.69, 9.17) is 0 Å². The molecule has 0 fully saturated rings. The molecule has 0 aliphatic rings. The molecule has 0 saturated carbocycles. The molecule has 0 spiro atoms. The van der Waals surface area contributed by atoms with Crippen LogP contribution in [-0.4, -0.2) is 32.1 Å². The van der Waals surface area contributed by atoms with E-state index in [1.54, 1.807) is 42.5 Å². The van der Waals surface area contributed by atoms with E-state index < -0.39 is 22.0 Å². The SMILES string of the molecule is CC(=O)Nc1ccc(S(=O)(=O)N[C@@H](C)C(=O)Nc2cccc(C(=O)c3ccccc3)c2)cc1. The van der Waals surface area contributed by atoms with Gasteiger partial charge in [0.2, 0.25) is 21.8 Å². The molecule has 1 atom stereocenters. The molecule has 33 heavy (non-hydrogen) atoms. The van der Waals surface area contributed by atoms with Crippen molar-refractivity contribution in [2.24, 2.45) is 0 Å². The van der Waals surface area contributed by atoms with Gasteiger partial charge in [-0.25, -0.2) is 8.42 Å². The molecule has 0 unspecified atom stereocenters. The maximum atomic E-state index is 12.6. The number of sulfonamides is 1. The van der Waals surface area contributed by atoms with Crippen LogP contribution < -0.4 is 15.4 Å². The molecule has 0 aromatic heterocycles. The lowest BCUT2D eigenvalue weighted by molar-refractivity contribution is -0.117. The van der Waals surface area contributed by atoms with Gasteiger partial charge < -0.3 is 10.6 Å². The summed E-state index contributed by atoms with van der Waals surface area (Å²) < 4.78 is 27.5. The van der Waals surface area contributed by atoms with Crippen molar-refractivity contribution in [3.05, 3.63) is 90.0 Å². The lowest BCUT2D eigenvalue weighted by Gasteiger charge is -2.15. The van der Waals surface area contributed by atoms with Crippen molar-refractivity contribution in [1.82, 2.24) is 4.72 Å². The number of rotatable bonds is 8. The summed E-state index contributed by atoms with van der Waals surface area (Å²) in [6.45, 7) is 2.76. The molecule has 0 heterocycles. The Balaban J connectivity index is 1.67. The van der Waals surface area contributed by atoms with Crippen LogP contribution in [0, 0.1) is 0 Å². The highest BCUT2D eigenvalue weighted by molar-refractivity contribution is 7.89. The van der Waals surface area contributed by atoms with E-state index in [0.29, 0.717) is 22.5 Å². The summed E-state index contributed by atoms with van der Waals surface area (Å²) in [7, 11) is -3.98. The standard InChI is InChI=1S/C24H23N3O5S/c1-16(27-33(31,32)22-13-11-20(12-14-22)25-17(2)28)24(30)26-21-10-6-9-19(15-21)23(29)18-7-4-3-5-8-18/h3-16,27H,1-2H3,(H,25,28)(H,26,30)/t16-/m0/s1. The van der Waals surface area contributed by atoms with E-state index in [1.807, 2.05) is 6.07 Å². The molecule has 0 bridgehead atoms. The molecule has 0 aliphatic carbocycles. The van der Waals surface area contributed by atoms with Gasteiger partial charge in [0.05, 0.1) is 10.9 Å². The zero-order valence-electron chi connectivity index (χ0n) is 18.0. The third-order valence-electron chi connectivity index (χ3n) is 4.64. The summed E-state index contributed by atoms with van der Waals surface area (Å²) >= 11 is 0. The smallest absolute Gasteiger partial charge is 0.242 e. The van der Waals surface area contributed by atoms with Crippen LogP contribution in [0.4, 0.5) is 11.4 Å². The van der Waals surface area contributed by atoms with Crippen molar-refractivity contribution in [1.29, 1.82) is 0 Å². The average molecular weight is 466 g/mol. The molecular formula is C24H23N3O5S. The molecule has 3 N–H and O–H groups in total. The Labute approximate surface area is 192 Å². The monoisotopic (exact) mass is 465 g/mol. The molecule has 9 heteroatoms. The number of hydrogen-bond acceptors (Lipinski definition) is 5. The summed E-state index contributed by atoms with van der Waals surface area (Å²) in [6.07, 6.45) is 0. The Kier molecular flexibility index (Phi) is 7.37. The summed E-state index contributed by atoms with van der Waals surface area (Å²) in [5, 5.41) is 5.18. The molecular weight excluding hydrogens is 442 g/mol. The predicted octanol–water partition coefficient (Wildman–Crippen LogP) is 3.18. The number of carbonyl (C=O) groups is 3. The number of carbonyl (C=O) groups excluding carboxylic acids is 3. The van der Waals surface area contributed by atoms with E-state index in [-0.39, 0.29) is 16.6 Å². The van der Waals surface area contributed by atoms with Crippen LogP contribution in [0.2, 0.25) is 0 Å². The van der Waals surface area contributed by atoms with E-state index in [2.05, 4.69) is 15.4 Å². The molecule has 0 saturated heterocycles. The van der Waals surface area contributed by atoms with Crippen molar-refractivity contribution in [2.45, 2.75) is 24.8 Å². The fraction of sp³-hybridized carbons (Fsp3) is 0.125. The Bertz CT molecular complexity index is 1270. The topological polar surface area (TPSA) is 121 Å². The molecule has 3 aromatic carbocycles. The fourth-order valence-corrected chi connectivity index (χ4v) is 4.22. The summed E-state index contributed by atoms with van der Waals surface area (Å²) in [5.74, 6) is -1.05. The van der Waals surface area contributed by atoms with E-state index >= 15 is 0 Å². The summed E-state index contributed by atoms with van der Waals surface area (Å²) in [6, 6.07) is 19.7. The van der Waals surface area contributed by atoms with Crippen molar-refractivity contribution in [3.63, 3.8) is 0 Å². The maximum absolute atomic E-state index is 12.6. The van der Waals surface area contributed by atoms with Crippen LogP contribution in [0.15, 0.2) is 83.8 Å². The van der Waals surface area contributed by atoms with Crippen LogP contribution in [-0.2, 0) is 19.6 Å². The van der Waals surface area contributed by atoms with Crippen molar-refractivity contribution in [2.75, 3.05) is 10.6 Å². The lowest BCUT2D eigenvalue weighted by atomic mass is 10.0. The van der Waals surface area contributed by atoms with Crippen molar-refractivity contribution in [3.8, 4) is 0 Å². The van der Waals surface area contributed by atoms with Crippen LogP contribution >= 0.6 is 0 Å². The highest BCUT2D eigenvalue weighted by Crippen LogP contribution is 2.17. The first-order valence-corrected chi connectivity index (χ1v) is 11.5. The number of ketones is 1. The van der Waals surface area contributed by atoms with Crippen molar-refractivity contribution >= 4 is 39.0 Å². The molecule has 0 aliphatic heterocycles. The highest BCUT2D eigenvalue weighted by Gasteiger charge is 2.22. The van der Waals surface area contributed by atoms with Crippen molar-refractivity contribution < 1.29 is 22.8 Å². The number of benzene rings is 3. The van der Waals surface area contributed by atoms with Crippen LogP contribution in [0.25, 0.3) is 0 Å². The average Bonchev–Trinajstić information content (AvgIpc) is 2.79. The quantitative estimate of drug-likeness (QED) is 0.441. The summed E-state index contributed by atoms with van der Waals surface area (Å²) in [4.78, 5) is 36.2. The fourth-order valence-electron chi connectivity index (χ4n) is 3.02. The number of nitrogens with one attached hydrogen (secondary N) is 3. The molecule has 3 aromatic rings. The first-order valence-electron chi connectivity index (χ1n) is 10.1.